The smallest absolute Gasteiger partial charge is 0.0797 e. The molecule has 1 aliphatic rings. The SMILES string of the molecule is Cc1ncsc1CCNC1(CO)CCCC(C)C1. The number of nitrogens with one attached hydrogen (secondary N) is 1. The van der Waals surface area contributed by atoms with Crippen LogP contribution in [0.25, 0.3) is 0 Å². The van der Waals surface area contributed by atoms with E-state index in [2.05, 4.69) is 24.1 Å². The van der Waals surface area contributed by atoms with Gasteiger partial charge in [0.15, 0.2) is 0 Å². The van der Waals surface area contributed by atoms with Crippen molar-refractivity contribution in [2.75, 3.05) is 13.2 Å². The third kappa shape index (κ3) is 3.31. The number of aliphatic hydroxyl groups is 1. The summed E-state index contributed by atoms with van der Waals surface area (Å²) in [5.41, 5.74) is 3.03. The van der Waals surface area contributed by atoms with Crippen LogP contribution in [-0.4, -0.2) is 28.8 Å². The van der Waals surface area contributed by atoms with Gasteiger partial charge in [-0.1, -0.05) is 19.8 Å². The quantitative estimate of drug-likeness (QED) is 0.862. The molecule has 1 aromatic rings. The van der Waals surface area contributed by atoms with Gasteiger partial charge >= 0.3 is 0 Å². The molecule has 2 unspecified atom stereocenters. The van der Waals surface area contributed by atoms with Crippen molar-refractivity contribution in [2.24, 2.45) is 5.92 Å². The van der Waals surface area contributed by atoms with Crippen molar-refractivity contribution in [1.82, 2.24) is 10.3 Å². The van der Waals surface area contributed by atoms with E-state index in [0.29, 0.717) is 0 Å². The number of hydrogen-bond donors (Lipinski definition) is 2. The van der Waals surface area contributed by atoms with E-state index in [9.17, 15) is 5.11 Å². The van der Waals surface area contributed by atoms with Crippen LogP contribution in [0.5, 0.6) is 0 Å². The van der Waals surface area contributed by atoms with Gasteiger partial charge in [0, 0.05) is 17.0 Å². The predicted molar refractivity (Wildman–Crippen MR) is 76.0 cm³/mol. The zero-order valence-corrected chi connectivity index (χ0v) is 12.2. The lowest BCUT2D eigenvalue weighted by atomic mass is 9.77. The molecular weight excluding hydrogens is 244 g/mol. The molecule has 2 rings (SSSR count). The summed E-state index contributed by atoms with van der Waals surface area (Å²) in [6.45, 7) is 5.56. The van der Waals surface area contributed by atoms with Gasteiger partial charge in [-0.25, -0.2) is 4.98 Å². The maximum atomic E-state index is 9.70. The van der Waals surface area contributed by atoms with Crippen molar-refractivity contribution in [2.45, 2.75) is 51.5 Å². The van der Waals surface area contributed by atoms with Crippen LogP contribution in [0, 0.1) is 12.8 Å². The summed E-state index contributed by atoms with van der Waals surface area (Å²) in [5, 5.41) is 13.3. The lowest BCUT2D eigenvalue weighted by molar-refractivity contribution is 0.100. The predicted octanol–water partition coefficient (Wildman–Crippen LogP) is 2.52. The zero-order valence-electron chi connectivity index (χ0n) is 11.4. The second-order valence-corrected chi connectivity index (χ2v) is 6.62. The number of hydrogen-bond acceptors (Lipinski definition) is 4. The van der Waals surface area contributed by atoms with E-state index in [1.807, 2.05) is 5.51 Å². The fourth-order valence-electron chi connectivity index (χ4n) is 3.03. The van der Waals surface area contributed by atoms with E-state index >= 15 is 0 Å². The van der Waals surface area contributed by atoms with Gasteiger partial charge in [-0.3, -0.25) is 0 Å². The van der Waals surface area contributed by atoms with E-state index < -0.39 is 0 Å². The number of aromatic nitrogens is 1. The van der Waals surface area contributed by atoms with Gasteiger partial charge in [0.05, 0.1) is 17.8 Å². The Balaban J connectivity index is 1.85. The van der Waals surface area contributed by atoms with E-state index in [1.165, 1.54) is 17.7 Å². The first kappa shape index (κ1) is 14.0. The Morgan fingerprint density at radius 1 is 1.61 bits per heavy atom. The largest absolute Gasteiger partial charge is 0.394 e. The van der Waals surface area contributed by atoms with Crippen molar-refractivity contribution >= 4 is 11.3 Å². The van der Waals surface area contributed by atoms with Gasteiger partial charge in [0.2, 0.25) is 0 Å². The van der Waals surface area contributed by atoms with Crippen molar-refractivity contribution < 1.29 is 5.11 Å². The minimum atomic E-state index is -0.0315. The first-order chi connectivity index (χ1) is 8.65. The summed E-state index contributed by atoms with van der Waals surface area (Å²) in [7, 11) is 0. The molecule has 0 aromatic carbocycles. The molecule has 102 valence electrons. The van der Waals surface area contributed by atoms with Crippen LogP contribution in [-0.2, 0) is 6.42 Å². The Labute approximate surface area is 114 Å². The van der Waals surface area contributed by atoms with Crippen LogP contribution >= 0.6 is 11.3 Å². The molecule has 1 aromatic heterocycles. The topological polar surface area (TPSA) is 45.2 Å². The summed E-state index contributed by atoms with van der Waals surface area (Å²) in [5.74, 6) is 0.726. The Morgan fingerprint density at radius 3 is 3.06 bits per heavy atom. The standard InChI is InChI=1S/C14H24N2OS/c1-11-4-3-6-14(8-11,9-17)16-7-5-13-12(2)15-10-18-13/h10-11,16-17H,3-9H2,1-2H3. The van der Waals surface area contributed by atoms with Crippen molar-refractivity contribution in [1.29, 1.82) is 0 Å². The fourth-order valence-corrected chi connectivity index (χ4v) is 3.81. The second-order valence-electron chi connectivity index (χ2n) is 5.68. The molecule has 2 N–H and O–H groups in total. The summed E-state index contributed by atoms with van der Waals surface area (Å²) in [4.78, 5) is 5.63. The number of rotatable bonds is 5. The van der Waals surface area contributed by atoms with E-state index in [-0.39, 0.29) is 12.1 Å². The molecule has 0 radical (unpaired) electrons. The number of nitrogens with zero attached hydrogens (tertiary/aromatic N) is 1. The maximum absolute atomic E-state index is 9.70. The van der Waals surface area contributed by atoms with Crippen LogP contribution in [0.3, 0.4) is 0 Å². The molecule has 1 fully saturated rings. The molecule has 18 heavy (non-hydrogen) atoms. The maximum Gasteiger partial charge on any atom is 0.0797 e. The molecule has 0 saturated heterocycles. The molecule has 3 nitrogen and oxygen atoms in total. The highest BCUT2D eigenvalue weighted by Crippen LogP contribution is 2.31. The van der Waals surface area contributed by atoms with Gasteiger partial charge < -0.3 is 10.4 Å². The van der Waals surface area contributed by atoms with Gasteiger partial charge in [-0.05, 0) is 32.1 Å². The lowest BCUT2D eigenvalue weighted by Crippen LogP contribution is -2.52. The Bertz CT molecular complexity index is 380. The first-order valence-electron chi connectivity index (χ1n) is 6.90. The van der Waals surface area contributed by atoms with Crippen molar-refractivity contribution in [3.8, 4) is 0 Å². The molecule has 1 heterocycles. The normalized spacial score (nSPS) is 28.5. The minimum Gasteiger partial charge on any atom is -0.394 e. The molecule has 0 amide bonds. The highest BCUT2D eigenvalue weighted by atomic mass is 32.1. The average molecular weight is 268 g/mol. The Morgan fingerprint density at radius 2 is 2.44 bits per heavy atom. The molecule has 0 bridgehead atoms. The third-order valence-electron chi connectivity index (χ3n) is 4.09. The summed E-state index contributed by atoms with van der Waals surface area (Å²) in [6, 6.07) is 0. The summed E-state index contributed by atoms with van der Waals surface area (Å²) >= 11 is 1.73. The van der Waals surface area contributed by atoms with E-state index in [0.717, 1.165) is 37.4 Å². The Kier molecular flexibility index (Phi) is 4.76. The van der Waals surface area contributed by atoms with Gasteiger partial charge in [-0.2, -0.15) is 0 Å². The van der Waals surface area contributed by atoms with Crippen LogP contribution in [0.1, 0.15) is 43.2 Å². The molecule has 0 aliphatic heterocycles. The van der Waals surface area contributed by atoms with Crippen LogP contribution < -0.4 is 5.32 Å². The fraction of sp³-hybridized carbons (Fsp3) is 0.786. The van der Waals surface area contributed by atoms with Crippen molar-refractivity contribution in [3.63, 3.8) is 0 Å². The highest BCUT2D eigenvalue weighted by molar-refractivity contribution is 7.09. The van der Waals surface area contributed by atoms with Crippen LogP contribution in [0.15, 0.2) is 5.51 Å². The molecule has 0 spiro atoms. The highest BCUT2D eigenvalue weighted by Gasteiger charge is 2.33. The number of thiazole rings is 1. The average Bonchev–Trinajstić information content (AvgIpc) is 2.75. The summed E-state index contributed by atoms with van der Waals surface area (Å²) < 4.78 is 0. The third-order valence-corrected chi connectivity index (χ3v) is 5.09. The van der Waals surface area contributed by atoms with Crippen molar-refractivity contribution in [3.05, 3.63) is 16.1 Å². The van der Waals surface area contributed by atoms with E-state index in [1.54, 1.807) is 11.3 Å². The Hall–Kier alpha value is -0.450. The number of aryl methyl sites for hydroxylation is 1. The van der Waals surface area contributed by atoms with Crippen LogP contribution in [0.4, 0.5) is 0 Å². The molecular formula is C14H24N2OS. The molecule has 4 heteroatoms. The molecule has 1 aliphatic carbocycles. The first-order valence-corrected chi connectivity index (χ1v) is 7.78. The lowest BCUT2D eigenvalue weighted by Gasteiger charge is -2.39. The minimum absolute atomic E-state index is 0.0315. The van der Waals surface area contributed by atoms with Gasteiger partial charge in [0.25, 0.3) is 0 Å². The van der Waals surface area contributed by atoms with Gasteiger partial charge in [0.1, 0.15) is 0 Å². The summed E-state index contributed by atoms with van der Waals surface area (Å²) in [6.07, 6.45) is 5.76. The number of aliphatic hydroxyl groups excluding tert-OH is 1. The van der Waals surface area contributed by atoms with E-state index in [4.69, 9.17) is 0 Å². The second kappa shape index (κ2) is 6.13. The monoisotopic (exact) mass is 268 g/mol. The van der Waals surface area contributed by atoms with Gasteiger partial charge in [-0.15, -0.1) is 11.3 Å². The zero-order chi connectivity index (χ0) is 13.0. The molecule has 1 saturated carbocycles. The van der Waals surface area contributed by atoms with Crippen LogP contribution in [0.2, 0.25) is 0 Å². The molecule has 2 atom stereocenters.